The Kier molecular flexibility index (Phi) is 2.52. The highest BCUT2D eigenvalue weighted by atomic mass is 16.5. The molecule has 0 aliphatic carbocycles. The van der Waals surface area contributed by atoms with Crippen LogP contribution in [0.1, 0.15) is 5.56 Å². The van der Waals surface area contributed by atoms with Crippen molar-refractivity contribution in [3.8, 4) is 17.1 Å². The van der Waals surface area contributed by atoms with Gasteiger partial charge in [0.05, 0.1) is 12.7 Å². The van der Waals surface area contributed by atoms with Gasteiger partial charge in [0.2, 0.25) is 0 Å². The Balaban J connectivity index is 2.22. The van der Waals surface area contributed by atoms with E-state index in [4.69, 9.17) is 9.15 Å². The number of fused-ring (bicyclic) bond motifs is 1. The van der Waals surface area contributed by atoms with Crippen molar-refractivity contribution in [2.24, 2.45) is 0 Å². The number of hydrogen-bond acceptors (Lipinski definition) is 3. The molecule has 0 radical (unpaired) electrons. The Hall–Kier alpha value is -2.29. The number of pyridine rings is 1. The maximum atomic E-state index is 5.81. The number of ether oxygens (including phenoxy) is 1. The summed E-state index contributed by atoms with van der Waals surface area (Å²) in [4.78, 5) is 4.27. The fourth-order valence-electron chi connectivity index (χ4n) is 2.02. The molecule has 0 saturated heterocycles. The van der Waals surface area contributed by atoms with Crippen molar-refractivity contribution in [3.63, 3.8) is 0 Å². The van der Waals surface area contributed by atoms with Crippen molar-refractivity contribution in [1.82, 2.24) is 4.98 Å². The standard InChI is InChI=1S/C15H13NO2/c1-10-5-6-13(17-2)11(8-10)15-9-12-14(18-15)4-3-7-16-12/h3-9H,1-2H3. The third kappa shape index (κ3) is 1.74. The number of rotatable bonds is 2. The van der Waals surface area contributed by atoms with E-state index < -0.39 is 0 Å². The summed E-state index contributed by atoms with van der Waals surface area (Å²) in [5.74, 6) is 1.59. The van der Waals surface area contributed by atoms with E-state index in [9.17, 15) is 0 Å². The van der Waals surface area contributed by atoms with Crippen LogP contribution >= 0.6 is 0 Å². The minimum atomic E-state index is 0.782. The van der Waals surface area contributed by atoms with E-state index in [0.29, 0.717) is 0 Å². The third-order valence-electron chi connectivity index (χ3n) is 2.91. The monoisotopic (exact) mass is 239 g/mol. The van der Waals surface area contributed by atoms with E-state index in [2.05, 4.69) is 11.1 Å². The smallest absolute Gasteiger partial charge is 0.153 e. The van der Waals surface area contributed by atoms with E-state index >= 15 is 0 Å². The number of aromatic nitrogens is 1. The largest absolute Gasteiger partial charge is 0.496 e. The minimum Gasteiger partial charge on any atom is -0.496 e. The zero-order chi connectivity index (χ0) is 12.5. The highest BCUT2D eigenvalue weighted by Crippen LogP contribution is 2.34. The van der Waals surface area contributed by atoms with Gasteiger partial charge in [0.1, 0.15) is 17.0 Å². The molecule has 0 aliphatic rings. The zero-order valence-electron chi connectivity index (χ0n) is 10.3. The second kappa shape index (κ2) is 4.18. The van der Waals surface area contributed by atoms with Crippen LogP contribution in [0.2, 0.25) is 0 Å². The van der Waals surface area contributed by atoms with Crippen LogP contribution in [0.4, 0.5) is 0 Å². The Morgan fingerprint density at radius 1 is 1.17 bits per heavy atom. The fraction of sp³-hybridized carbons (Fsp3) is 0.133. The molecule has 3 aromatic rings. The number of aryl methyl sites for hydroxylation is 1. The average molecular weight is 239 g/mol. The summed E-state index contributed by atoms with van der Waals surface area (Å²) < 4.78 is 11.2. The maximum Gasteiger partial charge on any atom is 0.153 e. The predicted octanol–water partition coefficient (Wildman–Crippen LogP) is 3.81. The molecule has 3 rings (SSSR count). The van der Waals surface area contributed by atoms with Crippen molar-refractivity contribution < 1.29 is 9.15 Å². The number of benzene rings is 1. The lowest BCUT2D eigenvalue weighted by atomic mass is 10.1. The number of methoxy groups -OCH3 is 1. The van der Waals surface area contributed by atoms with Crippen LogP contribution in [-0.4, -0.2) is 12.1 Å². The SMILES string of the molecule is COc1ccc(C)cc1-c1cc2ncccc2o1. The Bertz CT molecular complexity index is 668. The van der Waals surface area contributed by atoms with Crippen molar-refractivity contribution in [2.75, 3.05) is 7.11 Å². The van der Waals surface area contributed by atoms with Crippen molar-refractivity contribution in [1.29, 1.82) is 0 Å². The van der Waals surface area contributed by atoms with E-state index in [-0.39, 0.29) is 0 Å². The van der Waals surface area contributed by atoms with Crippen molar-refractivity contribution in [2.45, 2.75) is 6.92 Å². The molecule has 1 aromatic carbocycles. The molecule has 0 spiro atoms. The van der Waals surface area contributed by atoms with Crippen LogP contribution in [0.15, 0.2) is 47.0 Å². The molecule has 3 heteroatoms. The van der Waals surface area contributed by atoms with Crippen LogP contribution < -0.4 is 4.74 Å². The average Bonchev–Trinajstić information content (AvgIpc) is 2.82. The van der Waals surface area contributed by atoms with Gasteiger partial charge in [0.25, 0.3) is 0 Å². The van der Waals surface area contributed by atoms with Gasteiger partial charge >= 0.3 is 0 Å². The van der Waals surface area contributed by atoms with Gasteiger partial charge in [-0.3, -0.25) is 4.98 Å². The van der Waals surface area contributed by atoms with Gasteiger partial charge in [-0.1, -0.05) is 11.6 Å². The van der Waals surface area contributed by atoms with E-state index in [1.54, 1.807) is 13.3 Å². The van der Waals surface area contributed by atoms with Gasteiger partial charge in [0.15, 0.2) is 5.58 Å². The topological polar surface area (TPSA) is 35.3 Å². The molecule has 0 fully saturated rings. The predicted molar refractivity (Wildman–Crippen MR) is 70.7 cm³/mol. The molecule has 0 bridgehead atoms. The van der Waals surface area contributed by atoms with Crippen molar-refractivity contribution >= 4 is 11.1 Å². The summed E-state index contributed by atoms with van der Waals surface area (Å²) in [5.41, 5.74) is 3.77. The van der Waals surface area contributed by atoms with Gasteiger partial charge in [-0.25, -0.2) is 0 Å². The molecule has 0 unspecified atom stereocenters. The summed E-state index contributed by atoms with van der Waals surface area (Å²) >= 11 is 0. The van der Waals surface area contributed by atoms with Gasteiger partial charge in [-0.2, -0.15) is 0 Å². The van der Waals surface area contributed by atoms with E-state index in [0.717, 1.165) is 28.2 Å². The molecule has 0 amide bonds. The first kappa shape index (κ1) is 10.8. The molecule has 90 valence electrons. The molecular formula is C15H13NO2. The molecule has 2 aromatic heterocycles. The van der Waals surface area contributed by atoms with Gasteiger partial charge in [-0.15, -0.1) is 0 Å². The summed E-state index contributed by atoms with van der Waals surface area (Å²) in [6.45, 7) is 2.05. The lowest BCUT2D eigenvalue weighted by molar-refractivity contribution is 0.415. The molecule has 0 N–H and O–H groups in total. The highest BCUT2D eigenvalue weighted by molar-refractivity contribution is 5.80. The second-order valence-corrected chi connectivity index (χ2v) is 4.20. The van der Waals surface area contributed by atoms with Gasteiger partial charge in [-0.05, 0) is 31.2 Å². The number of nitrogens with zero attached hydrogens (tertiary/aromatic N) is 1. The Labute approximate surface area is 105 Å². The fourth-order valence-corrected chi connectivity index (χ4v) is 2.02. The minimum absolute atomic E-state index is 0.782. The van der Waals surface area contributed by atoms with Crippen LogP contribution in [0, 0.1) is 6.92 Å². The second-order valence-electron chi connectivity index (χ2n) is 4.20. The molecular weight excluding hydrogens is 226 g/mol. The molecule has 0 aliphatic heterocycles. The zero-order valence-corrected chi connectivity index (χ0v) is 10.3. The first-order chi connectivity index (χ1) is 8.78. The molecule has 0 atom stereocenters. The number of hydrogen-bond donors (Lipinski definition) is 0. The summed E-state index contributed by atoms with van der Waals surface area (Å²) in [7, 11) is 1.66. The summed E-state index contributed by atoms with van der Waals surface area (Å²) in [6, 6.07) is 11.7. The third-order valence-corrected chi connectivity index (χ3v) is 2.91. The normalized spacial score (nSPS) is 10.8. The summed E-state index contributed by atoms with van der Waals surface area (Å²) in [5, 5.41) is 0. The first-order valence-electron chi connectivity index (χ1n) is 5.77. The summed E-state index contributed by atoms with van der Waals surface area (Å²) in [6.07, 6.45) is 1.76. The Morgan fingerprint density at radius 2 is 2.06 bits per heavy atom. The quantitative estimate of drug-likeness (QED) is 0.682. The highest BCUT2D eigenvalue weighted by Gasteiger charge is 2.11. The van der Waals surface area contributed by atoms with Crippen LogP contribution in [-0.2, 0) is 0 Å². The van der Waals surface area contributed by atoms with Gasteiger partial charge in [0, 0.05) is 12.3 Å². The van der Waals surface area contributed by atoms with E-state index in [1.165, 1.54) is 5.56 Å². The first-order valence-corrected chi connectivity index (χ1v) is 5.77. The lowest BCUT2D eigenvalue weighted by Crippen LogP contribution is -1.87. The molecule has 2 heterocycles. The molecule has 18 heavy (non-hydrogen) atoms. The number of furan rings is 1. The van der Waals surface area contributed by atoms with Crippen LogP contribution in [0.5, 0.6) is 5.75 Å². The van der Waals surface area contributed by atoms with Crippen molar-refractivity contribution in [3.05, 3.63) is 48.2 Å². The van der Waals surface area contributed by atoms with Gasteiger partial charge < -0.3 is 9.15 Å². The molecule has 0 saturated carbocycles. The van der Waals surface area contributed by atoms with E-state index in [1.807, 2.05) is 37.3 Å². The van der Waals surface area contributed by atoms with Crippen LogP contribution in [0.3, 0.4) is 0 Å². The van der Waals surface area contributed by atoms with Crippen LogP contribution in [0.25, 0.3) is 22.4 Å². The lowest BCUT2D eigenvalue weighted by Gasteiger charge is -2.06. The Morgan fingerprint density at radius 3 is 2.83 bits per heavy atom. The molecule has 3 nitrogen and oxygen atoms in total. The maximum absolute atomic E-state index is 5.81.